The van der Waals surface area contributed by atoms with E-state index in [2.05, 4.69) is 10.4 Å². The van der Waals surface area contributed by atoms with E-state index < -0.39 is 0 Å². The minimum Gasteiger partial charge on any atom is -0.493 e. The Hall–Kier alpha value is -2.80. The number of rotatable bonds is 6. The van der Waals surface area contributed by atoms with Crippen molar-refractivity contribution in [3.63, 3.8) is 0 Å². The summed E-state index contributed by atoms with van der Waals surface area (Å²) in [5, 5.41) is 7.08. The van der Waals surface area contributed by atoms with Gasteiger partial charge in [-0.15, -0.1) is 0 Å². The summed E-state index contributed by atoms with van der Waals surface area (Å²) in [6.45, 7) is 1.41. The monoisotopic (exact) mass is 343 g/mol. The van der Waals surface area contributed by atoms with Crippen LogP contribution in [0.25, 0.3) is 6.08 Å². The fourth-order valence-electron chi connectivity index (χ4n) is 2.65. The standard InChI is InChI=1S/C18H21N3O4/c1-23-16-5-3-13(9-17(16)24-2)4-6-18(22)20-14-10-19-21(11-14)15-7-8-25-12-15/h3-6,9-11,15H,7-8,12H2,1-2H3,(H,20,22). The van der Waals surface area contributed by atoms with Gasteiger partial charge in [0.25, 0.3) is 0 Å². The molecule has 1 saturated heterocycles. The third-order valence-electron chi connectivity index (χ3n) is 3.98. The quantitative estimate of drug-likeness (QED) is 0.816. The molecular weight excluding hydrogens is 322 g/mol. The van der Waals surface area contributed by atoms with Gasteiger partial charge in [0.1, 0.15) is 0 Å². The van der Waals surface area contributed by atoms with Gasteiger partial charge in [-0.25, -0.2) is 0 Å². The number of nitrogens with one attached hydrogen (secondary N) is 1. The van der Waals surface area contributed by atoms with Crippen LogP contribution in [0, 0.1) is 0 Å². The second-order valence-corrected chi connectivity index (χ2v) is 5.66. The zero-order chi connectivity index (χ0) is 17.6. The minimum absolute atomic E-state index is 0.225. The van der Waals surface area contributed by atoms with E-state index in [1.54, 1.807) is 38.6 Å². The molecule has 1 aromatic carbocycles. The van der Waals surface area contributed by atoms with E-state index in [0.717, 1.165) is 18.6 Å². The molecule has 0 saturated carbocycles. The summed E-state index contributed by atoms with van der Waals surface area (Å²) >= 11 is 0. The molecule has 7 nitrogen and oxygen atoms in total. The number of benzene rings is 1. The first kappa shape index (κ1) is 17.0. The molecule has 0 spiro atoms. The fraction of sp³-hybridized carbons (Fsp3) is 0.333. The topological polar surface area (TPSA) is 74.6 Å². The zero-order valence-corrected chi connectivity index (χ0v) is 14.3. The first-order valence-electron chi connectivity index (χ1n) is 8.02. The Kier molecular flexibility index (Phi) is 5.35. The maximum atomic E-state index is 12.1. The molecule has 2 aromatic rings. The van der Waals surface area contributed by atoms with Gasteiger partial charge in [0.15, 0.2) is 11.5 Å². The van der Waals surface area contributed by atoms with Crippen molar-refractivity contribution in [1.82, 2.24) is 9.78 Å². The molecule has 1 N–H and O–H groups in total. The summed E-state index contributed by atoms with van der Waals surface area (Å²) in [5.41, 5.74) is 1.50. The van der Waals surface area contributed by atoms with Crippen molar-refractivity contribution in [2.45, 2.75) is 12.5 Å². The lowest BCUT2D eigenvalue weighted by Crippen LogP contribution is -2.09. The number of aromatic nitrogens is 2. The first-order chi connectivity index (χ1) is 12.2. The van der Waals surface area contributed by atoms with E-state index in [1.807, 2.05) is 16.9 Å². The van der Waals surface area contributed by atoms with Crippen LogP contribution in [-0.4, -0.2) is 43.1 Å². The highest BCUT2D eigenvalue weighted by atomic mass is 16.5. The number of nitrogens with zero attached hydrogens (tertiary/aromatic N) is 2. The number of carbonyl (C=O) groups is 1. The van der Waals surface area contributed by atoms with Crippen LogP contribution in [-0.2, 0) is 9.53 Å². The number of carbonyl (C=O) groups excluding carboxylic acids is 1. The van der Waals surface area contributed by atoms with Crippen LogP contribution >= 0.6 is 0 Å². The van der Waals surface area contributed by atoms with Gasteiger partial charge >= 0.3 is 0 Å². The molecule has 3 rings (SSSR count). The molecule has 2 heterocycles. The van der Waals surface area contributed by atoms with Gasteiger partial charge in [0, 0.05) is 18.9 Å². The van der Waals surface area contributed by atoms with Crippen LogP contribution in [0.4, 0.5) is 5.69 Å². The smallest absolute Gasteiger partial charge is 0.248 e. The van der Waals surface area contributed by atoms with E-state index >= 15 is 0 Å². The molecule has 1 unspecified atom stereocenters. The largest absolute Gasteiger partial charge is 0.493 e. The highest BCUT2D eigenvalue weighted by Crippen LogP contribution is 2.28. The predicted molar refractivity (Wildman–Crippen MR) is 93.9 cm³/mol. The molecule has 1 aromatic heterocycles. The van der Waals surface area contributed by atoms with Gasteiger partial charge in [-0.1, -0.05) is 6.07 Å². The van der Waals surface area contributed by atoms with Gasteiger partial charge in [-0.3, -0.25) is 9.48 Å². The molecular formula is C18H21N3O4. The Bertz CT molecular complexity index is 763. The molecule has 1 fully saturated rings. The Labute approximate surface area is 146 Å². The van der Waals surface area contributed by atoms with E-state index in [1.165, 1.54) is 6.08 Å². The number of anilines is 1. The third kappa shape index (κ3) is 4.19. The predicted octanol–water partition coefficient (Wildman–Crippen LogP) is 2.51. The highest BCUT2D eigenvalue weighted by Gasteiger charge is 2.18. The Morgan fingerprint density at radius 1 is 1.36 bits per heavy atom. The maximum absolute atomic E-state index is 12.1. The fourth-order valence-corrected chi connectivity index (χ4v) is 2.65. The van der Waals surface area contributed by atoms with E-state index in [4.69, 9.17) is 14.2 Å². The van der Waals surface area contributed by atoms with Crippen LogP contribution in [0.5, 0.6) is 11.5 Å². The number of hydrogen-bond acceptors (Lipinski definition) is 5. The number of methoxy groups -OCH3 is 2. The first-order valence-corrected chi connectivity index (χ1v) is 8.02. The van der Waals surface area contributed by atoms with Crippen molar-refractivity contribution in [2.75, 3.05) is 32.8 Å². The summed E-state index contributed by atoms with van der Waals surface area (Å²) in [5.74, 6) is 1.04. The molecule has 0 radical (unpaired) electrons. The molecule has 0 aliphatic carbocycles. The Morgan fingerprint density at radius 2 is 2.20 bits per heavy atom. The maximum Gasteiger partial charge on any atom is 0.248 e. The second-order valence-electron chi connectivity index (χ2n) is 5.66. The molecule has 25 heavy (non-hydrogen) atoms. The third-order valence-corrected chi connectivity index (χ3v) is 3.98. The number of hydrogen-bond donors (Lipinski definition) is 1. The highest BCUT2D eigenvalue weighted by molar-refractivity contribution is 6.01. The Morgan fingerprint density at radius 3 is 2.92 bits per heavy atom. The van der Waals surface area contributed by atoms with Crippen molar-refractivity contribution in [3.8, 4) is 11.5 Å². The minimum atomic E-state index is -0.225. The lowest BCUT2D eigenvalue weighted by Gasteiger charge is -2.07. The van der Waals surface area contributed by atoms with E-state index in [-0.39, 0.29) is 11.9 Å². The number of amides is 1. The van der Waals surface area contributed by atoms with Crippen LogP contribution in [0.1, 0.15) is 18.0 Å². The lowest BCUT2D eigenvalue weighted by molar-refractivity contribution is -0.111. The normalized spacial score (nSPS) is 17.0. The molecule has 1 aliphatic rings. The van der Waals surface area contributed by atoms with Crippen LogP contribution in [0.3, 0.4) is 0 Å². The average Bonchev–Trinajstić information content (AvgIpc) is 3.31. The van der Waals surface area contributed by atoms with Crippen molar-refractivity contribution in [2.24, 2.45) is 0 Å². The van der Waals surface area contributed by atoms with Gasteiger partial charge in [0.2, 0.25) is 5.91 Å². The summed E-state index contributed by atoms with van der Waals surface area (Å²) in [6, 6.07) is 5.70. The SMILES string of the molecule is COc1ccc(C=CC(=O)Nc2cnn(C3CCOC3)c2)cc1OC. The van der Waals surface area contributed by atoms with Crippen LogP contribution < -0.4 is 14.8 Å². The van der Waals surface area contributed by atoms with Gasteiger partial charge < -0.3 is 19.5 Å². The number of ether oxygens (including phenoxy) is 3. The molecule has 0 bridgehead atoms. The second kappa shape index (κ2) is 7.85. The van der Waals surface area contributed by atoms with Crippen molar-refractivity contribution >= 4 is 17.7 Å². The average molecular weight is 343 g/mol. The van der Waals surface area contributed by atoms with Gasteiger partial charge in [-0.05, 0) is 30.2 Å². The van der Waals surface area contributed by atoms with Crippen LogP contribution in [0.15, 0.2) is 36.7 Å². The summed E-state index contributed by atoms with van der Waals surface area (Å²) < 4.78 is 17.6. The molecule has 7 heteroatoms. The van der Waals surface area contributed by atoms with Crippen molar-refractivity contribution in [3.05, 3.63) is 42.2 Å². The van der Waals surface area contributed by atoms with Crippen LogP contribution in [0.2, 0.25) is 0 Å². The van der Waals surface area contributed by atoms with Crippen molar-refractivity contribution < 1.29 is 19.0 Å². The Balaban J connectivity index is 1.61. The molecule has 1 aliphatic heterocycles. The zero-order valence-electron chi connectivity index (χ0n) is 14.3. The molecule has 1 amide bonds. The summed E-state index contributed by atoms with van der Waals surface area (Å²) in [7, 11) is 3.16. The molecule has 132 valence electrons. The van der Waals surface area contributed by atoms with Gasteiger partial charge in [-0.2, -0.15) is 5.10 Å². The summed E-state index contributed by atoms with van der Waals surface area (Å²) in [6.07, 6.45) is 7.58. The molecule has 1 atom stereocenters. The van der Waals surface area contributed by atoms with Crippen molar-refractivity contribution in [1.29, 1.82) is 0 Å². The van der Waals surface area contributed by atoms with E-state index in [9.17, 15) is 4.79 Å². The summed E-state index contributed by atoms with van der Waals surface area (Å²) in [4.78, 5) is 12.1. The van der Waals surface area contributed by atoms with Gasteiger partial charge in [0.05, 0.1) is 38.8 Å². The van der Waals surface area contributed by atoms with E-state index in [0.29, 0.717) is 23.8 Å². The lowest BCUT2D eigenvalue weighted by atomic mass is 10.2.